The van der Waals surface area contributed by atoms with Crippen LogP contribution >= 0.6 is 0 Å². The molecule has 2 aliphatic rings. The molecule has 2 aromatic carbocycles. The van der Waals surface area contributed by atoms with Crippen LogP contribution in [0, 0.1) is 0 Å². The third-order valence-electron chi connectivity index (χ3n) is 6.26. The van der Waals surface area contributed by atoms with Crippen molar-refractivity contribution in [2.24, 2.45) is 0 Å². The summed E-state index contributed by atoms with van der Waals surface area (Å²) in [6, 6.07) is 14.1. The van der Waals surface area contributed by atoms with Gasteiger partial charge >= 0.3 is 6.03 Å². The quantitative estimate of drug-likeness (QED) is 0.628. The Hall–Kier alpha value is -3.59. The molecule has 2 aliphatic heterocycles. The number of amides is 4. The number of benzene rings is 2. The lowest BCUT2D eigenvalue weighted by atomic mass is 9.94. The van der Waals surface area contributed by atoms with Crippen LogP contribution in [0.1, 0.15) is 35.2 Å². The van der Waals surface area contributed by atoms with E-state index in [0.717, 1.165) is 5.56 Å². The smallest absolute Gasteiger partial charge is 0.319 e. The first-order chi connectivity index (χ1) is 16.4. The van der Waals surface area contributed by atoms with Crippen molar-refractivity contribution in [2.45, 2.75) is 44.1 Å². The van der Waals surface area contributed by atoms with Crippen molar-refractivity contribution in [1.29, 1.82) is 0 Å². The number of nitrogens with one attached hydrogen (secondary N) is 3. The number of carbonyl (C=O) groups is 3. The van der Waals surface area contributed by atoms with Gasteiger partial charge in [0.15, 0.2) is 0 Å². The number of rotatable bonds is 5. The lowest BCUT2D eigenvalue weighted by Crippen LogP contribution is -2.53. The van der Waals surface area contributed by atoms with E-state index in [-0.39, 0.29) is 49.1 Å². The van der Waals surface area contributed by atoms with Gasteiger partial charge in [-0.2, -0.15) is 0 Å². The summed E-state index contributed by atoms with van der Waals surface area (Å²) in [5.41, 5.74) is 1.87. The number of anilines is 1. The molecule has 0 radical (unpaired) electrons. The molecule has 180 valence electrons. The molecule has 0 aromatic heterocycles. The Bertz CT molecular complexity index is 1040. The number of carbonyl (C=O) groups excluding carboxylic acids is 3. The monoisotopic (exact) mass is 466 g/mol. The van der Waals surface area contributed by atoms with Crippen molar-refractivity contribution in [2.75, 3.05) is 26.0 Å². The van der Waals surface area contributed by atoms with Crippen molar-refractivity contribution in [1.82, 2.24) is 15.5 Å². The van der Waals surface area contributed by atoms with Crippen LogP contribution in [0.4, 0.5) is 10.5 Å². The lowest BCUT2D eigenvalue weighted by Gasteiger charge is -2.42. The van der Waals surface area contributed by atoms with Gasteiger partial charge in [-0.05, 0) is 36.6 Å². The molecule has 0 spiro atoms. The molecule has 3 atom stereocenters. The fourth-order valence-corrected chi connectivity index (χ4v) is 4.37. The molecule has 2 heterocycles. The summed E-state index contributed by atoms with van der Waals surface area (Å²) in [4.78, 5) is 39.1. The van der Waals surface area contributed by atoms with Gasteiger partial charge in [-0.3, -0.25) is 9.59 Å². The number of nitrogens with zero attached hydrogens (tertiary/aromatic N) is 1. The van der Waals surface area contributed by atoms with Crippen LogP contribution in [-0.4, -0.2) is 61.7 Å². The summed E-state index contributed by atoms with van der Waals surface area (Å²) in [5, 5.41) is 8.21. The van der Waals surface area contributed by atoms with E-state index in [2.05, 4.69) is 16.0 Å². The molecule has 4 amide bonds. The van der Waals surface area contributed by atoms with E-state index in [0.29, 0.717) is 36.4 Å². The van der Waals surface area contributed by atoms with Gasteiger partial charge in [-0.15, -0.1) is 0 Å². The normalized spacial score (nSPS) is 21.8. The Morgan fingerprint density at radius 2 is 1.91 bits per heavy atom. The molecule has 0 unspecified atom stereocenters. The highest BCUT2D eigenvalue weighted by atomic mass is 16.5. The van der Waals surface area contributed by atoms with Crippen molar-refractivity contribution in [3.63, 3.8) is 0 Å². The third kappa shape index (κ3) is 5.48. The molecule has 2 aromatic rings. The van der Waals surface area contributed by atoms with Gasteiger partial charge < -0.3 is 30.3 Å². The number of hydrogen-bond donors (Lipinski definition) is 3. The first-order valence-electron chi connectivity index (χ1n) is 11.4. The molecule has 1 fully saturated rings. The third-order valence-corrected chi connectivity index (χ3v) is 6.26. The summed E-state index contributed by atoms with van der Waals surface area (Å²) in [5.74, 6) is 0.159. The predicted octanol–water partition coefficient (Wildman–Crippen LogP) is 2.52. The molecular formula is C25H30N4O5. The highest BCUT2D eigenvalue weighted by molar-refractivity contribution is 5.99. The molecule has 0 bridgehead atoms. The van der Waals surface area contributed by atoms with Gasteiger partial charge in [0.05, 0.1) is 24.1 Å². The Kier molecular flexibility index (Phi) is 7.32. The molecule has 34 heavy (non-hydrogen) atoms. The Balaban J connectivity index is 1.43. The zero-order chi connectivity index (χ0) is 24.1. The standard InChI is InChI=1S/C25H30N4O5/c1-26-23(30)13-18-9-10-20-22(34-18)15-33-21-11-8-17(12-19(21)24(31)29(20)2)28-25(32)27-14-16-6-4-3-5-7-16/h3-8,11-12,18,20,22H,9-10,13-15H2,1-2H3,(H,26,30)(H2,27,28,32)/t18-,20+,22+/m0/s1. The van der Waals surface area contributed by atoms with Gasteiger partial charge in [-0.1, -0.05) is 30.3 Å². The highest BCUT2D eigenvalue weighted by Gasteiger charge is 2.39. The lowest BCUT2D eigenvalue weighted by molar-refractivity contribution is -0.133. The first-order valence-corrected chi connectivity index (χ1v) is 11.4. The predicted molar refractivity (Wildman–Crippen MR) is 127 cm³/mol. The van der Waals surface area contributed by atoms with E-state index >= 15 is 0 Å². The number of ether oxygens (including phenoxy) is 2. The van der Waals surface area contributed by atoms with Crippen molar-refractivity contribution in [3.05, 3.63) is 59.7 Å². The second kappa shape index (κ2) is 10.6. The molecule has 0 saturated carbocycles. The summed E-state index contributed by atoms with van der Waals surface area (Å²) < 4.78 is 12.1. The molecule has 3 N–H and O–H groups in total. The molecule has 9 nitrogen and oxygen atoms in total. The highest BCUT2D eigenvalue weighted by Crippen LogP contribution is 2.32. The Labute approximate surface area is 198 Å². The van der Waals surface area contributed by atoms with Crippen LogP contribution in [0.5, 0.6) is 5.75 Å². The molecular weight excluding hydrogens is 436 g/mol. The van der Waals surface area contributed by atoms with Crippen LogP contribution in [0.2, 0.25) is 0 Å². The largest absolute Gasteiger partial charge is 0.490 e. The van der Waals surface area contributed by atoms with Gasteiger partial charge in [-0.25, -0.2) is 4.79 Å². The van der Waals surface area contributed by atoms with Crippen LogP contribution < -0.4 is 20.7 Å². The Morgan fingerprint density at radius 3 is 2.68 bits per heavy atom. The minimum Gasteiger partial charge on any atom is -0.490 e. The van der Waals surface area contributed by atoms with E-state index < -0.39 is 0 Å². The van der Waals surface area contributed by atoms with Gasteiger partial charge in [0.25, 0.3) is 5.91 Å². The summed E-state index contributed by atoms with van der Waals surface area (Å²) in [7, 11) is 3.36. The van der Waals surface area contributed by atoms with Crippen LogP contribution in [0.15, 0.2) is 48.5 Å². The van der Waals surface area contributed by atoms with Crippen molar-refractivity contribution < 1.29 is 23.9 Å². The van der Waals surface area contributed by atoms with Crippen LogP contribution in [-0.2, 0) is 16.1 Å². The summed E-state index contributed by atoms with van der Waals surface area (Å²) >= 11 is 0. The molecule has 1 saturated heterocycles. The molecule has 9 heteroatoms. The number of likely N-dealkylation sites (N-methyl/N-ethyl adjacent to an activating group) is 1. The second-order valence-corrected chi connectivity index (χ2v) is 8.55. The fraction of sp³-hybridized carbons (Fsp3) is 0.400. The van der Waals surface area contributed by atoms with E-state index in [1.165, 1.54) is 0 Å². The van der Waals surface area contributed by atoms with Gasteiger partial charge in [0.1, 0.15) is 18.5 Å². The average Bonchev–Trinajstić information content (AvgIpc) is 2.86. The van der Waals surface area contributed by atoms with Crippen LogP contribution in [0.3, 0.4) is 0 Å². The maximum absolute atomic E-state index is 13.3. The van der Waals surface area contributed by atoms with Crippen LogP contribution in [0.25, 0.3) is 0 Å². The van der Waals surface area contributed by atoms with E-state index in [1.54, 1.807) is 37.2 Å². The number of fused-ring (bicyclic) bond motifs is 2. The van der Waals surface area contributed by atoms with E-state index in [1.807, 2.05) is 30.3 Å². The number of urea groups is 1. The van der Waals surface area contributed by atoms with Crippen molar-refractivity contribution in [3.8, 4) is 5.75 Å². The molecule has 4 rings (SSSR count). The van der Waals surface area contributed by atoms with Crippen molar-refractivity contribution >= 4 is 23.5 Å². The minimum atomic E-state index is -0.362. The topological polar surface area (TPSA) is 109 Å². The van der Waals surface area contributed by atoms with E-state index in [4.69, 9.17) is 9.47 Å². The number of hydrogen-bond acceptors (Lipinski definition) is 5. The summed E-state index contributed by atoms with van der Waals surface area (Å²) in [6.45, 7) is 0.663. The zero-order valence-corrected chi connectivity index (χ0v) is 19.4. The molecule has 0 aliphatic carbocycles. The second-order valence-electron chi connectivity index (χ2n) is 8.55. The van der Waals surface area contributed by atoms with Gasteiger partial charge in [0.2, 0.25) is 5.91 Å². The SMILES string of the molecule is CNC(=O)C[C@@H]1CC[C@@H]2[C@@H](COc3ccc(NC(=O)NCc4ccccc4)cc3C(=O)N2C)O1. The van der Waals surface area contributed by atoms with E-state index in [9.17, 15) is 14.4 Å². The zero-order valence-electron chi connectivity index (χ0n) is 19.4. The maximum Gasteiger partial charge on any atom is 0.319 e. The van der Waals surface area contributed by atoms with Gasteiger partial charge in [0, 0.05) is 26.3 Å². The maximum atomic E-state index is 13.3. The minimum absolute atomic E-state index is 0.0715. The Morgan fingerprint density at radius 1 is 1.12 bits per heavy atom. The first kappa shape index (κ1) is 23.6. The summed E-state index contributed by atoms with van der Waals surface area (Å²) in [6.07, 6.45) is 1.16. The average molecular weight is 467 g/mol. The fourth-order valence-electron chi connectivity index (χ4n) is 4.37.